The molecule has 0 fully saturated rings. The molecule has 0 aliphatic heterocycles. The number of hydrogen-bond acceptors (Lipinski definition) is 4. The maximum absolute atomic E-state index is 13.3. The number of aromatic nitrogens is 4. The molecule has 2 heterocycles. The zero-order valence-electron chi connectivity index (χ0n) is 11.6. The van der Waals surface area contributed by atoms with Crippen LogP contribution in [-0.4, -0.2) is 26.6 Å². The van der Waals surface area contributed by atoms with Crippen LogP contribution in [0.2, 0.25) is 5.15 Å². The molecule has 7 heteroatoms. The first-order valence-corrected chi connectivity index (χ1v) is 6.75. The first-order valence-electron chi connectivity index (χ1n) is 6.37. The van der Waals surface area contributed by atoms with Gasteiger partial charge in [-0.1, -0.05) is 23.7 Å². The molecule has 108 valence electrons. The van der Waals surface area contributed by atoms with Crippen molar-refractivity contribution in [3.8, 4) is 0 Å². The quantitative estimate of drug-likeness (QED) is 0.698. The molecule has 21 heavy (non-hydrogen) atoms. The van der Waals surface area contributed by atoms with Gasteiger partial charge in [0.15, 0.2) is 0 Å². The second-order valence-corrected chi connectivity index (χ2v) is 5.17. The molecule has 0 aliphatic carbocycles. The van der Waals surface area contributed by atoms with Gasteiger partial charge >= 0.3 is 0 Å². The smallest absolute Gasteiger partial charge is 0.255 e. The second-order valence-electron chi connectivity index (χ2n) is 4.81. The second kappa shape index (κ2) is 5.29. The number of nitrogens with zero attached hydrogens (tertiary/aromatic N) is 5. The fourth-order valence-corrected chi connectivity index (χ4v) is 2.48. The van der Waals surface area contributed by atoms with E-state index in [0.717, 1.165) is 16.9 Å². The van der Waals surface area contributed by atoms with E-state index < -0.39 is 0 Å². The Labute approximate surface area is 126 Å². The summed E-state index contributed by atoms with van der Waals surface area (Å²) in [5.41, 5.74) is 1.66. The predicted octanol–water partition coefficient (Wildman–Crippen LogP) is 2.86. The maximum atomic E-state index is 13.3. The molecule has 5 nitrogen and oxygen atoms in total. The summed E-state index contributed by atoms with van der Waals surface area (Å²) in [5, 5.41) is 4.56. The fourth-order valence-electron chi connectivity index (χ4n) is 2.32. The molecule has 0 atom stereocenters. The Balaban J connectivity index is 2.03. The average molecular weight is 306 g/mol. The molecule has 0 bridgehead atoms. The Morgan fingerprint density at radius 3 is 2.95 bits per heavy atom. The molecule has 1 aromatic carbocycles. The van der Waals surface area contributed by atoms with Gasteiger partial charge < -0.3 is 4.90 Å². The highest BCUT2D eigenvalue weighted by Crippen LogP contribution is 2.25. The van der Waals surface area contributed by atoms with E-state index in [-0.39, 0.29) is 5.82 Å². The Hall–Kier alpha value is -2.21. The van der Waals surface area contributed by atoms with Gasteiger partial charge in [0, 0.05) is 19.2 Å². The minimum absolute atomic E-state index is 0.253. The van der Waals surface area contributed by atoms with Crippen molar-refractivity contribution in [2.45, 2.75) is 13.5 Å². The summed E-state index contributed by atoms with van der Waals surface area (Å²) in [6, 6.07) is 6.49. The summed E-state index contributed by atoms with van der Waals surface area (Å²) in [6.45, 7) is 2.39. The van der Waals surface area contributed by atoms with Crippen LogP contribution in [0.3, 0.4) is 0 Å². The lowest BCUT2D eigenvalue weighted by Crippen LogP contribution is -2.21. The van der Waals surface area contributed by atoms with E-state index in [1.807, 2.05) is 24.9 Å². The molecule has 0 unspecified atom stereocenters. The number of benzene rings is 1. The van der Waals surface area contributed by atoms with Crippen LogP contribution in [0, 0.1) is 12.7 Å². The maximum Gasteiger partial charge on any atom is 0.255 e. The first-order chi connectivity index (χ1) is 10.1. The van der Waals surface area contributed by atoms with Crippen LogP contribution in [0.25, 0.3) is 5.78 Å². The molecular weight excluding hydrogens is 293 g/mol. The summed E-state index contributed by atoms with van der Waals surface area (Å²) >= 11 is 6.14. The van der Waals surface area contributed by atoms with Gasteiger partial charge in [0.2, 0.25) is 0 Å². The summed E-state index contributed by atoms with van der Waals surface area (Å²) in [7, 11) is 1.89. The van der Waals surface area contributed by atoms with Gasteiger partial charge in [-0.2, -0.15) is 19.6 Å². The van der Waals surface area contributed by atoms with Crippen LogP contribution >= 0.6 is 11.6 Å². The number of hydrogen-bond donors (Lipinski definition) is 0. The molecule has 0 saturated carbocycles. The molecule has 0 radical (unpaired) electrons. The number of halogens is 2. The molecule has 0 N–H and O–H groups in total. The number of fused-ring (bicyclic) bond motifs is 1. The molecular formula is C14H13ClFN5. The Kier molecular flexibility index (Phi) is 3.47. The molecule has 2 aromatic heterocycles. The van der Waals surface area contributed by atoms with E-state index in [2.05, 4.69) is 15.1 Å². The molecule has 0 saturated heterocycles. The Morgan fingerprint density at radius 2 is 2.19 bits per heavy atom. The van der Waals surface area contributed by atoms with Crippen LogP contribution in [0.15, 0.2) is 30.6 Å². The van der Waals surface area contributed by atoms with E-state index in [9.17, 15) is 4.39 Å². The number of rotatable bonds is 3. The van der Waals surface area contributed by atoms with Crippen molar-refractivity contribution in [3.05, 3.63) is 52.7 Å². The van der Waals surface area contributed by atoms with Gasteiger partial charge in [-0.25, -0.2) is 4.39 Å². The van der Waals surface area contributed by atoms with E-state index in [1.165, 1.54) is 18.5 Å². The molecule has 3 rings (SSSR count). The summed E-state index contributed by atoms with van der Waals surface area (Å²) in [6.07, 6.45) is 1.43. The van der Waals surface area contributed by atoms with E-state index >= 15 is 0 Å². The van der Waals surface area contributed by atoms with Crippen molar-refractivity contribution in [1.29, 1.82) is 0 Å². The van der Waals surface area contributed by atoms with Crippen LogP contribution < -0.4 is 4.90 Å². The molecule has 3 aromatic rings. The topological polar surface area (TPSA) is 46.3 Å². The van der Waals surface area contributed by atoms with Gasteiger partial charge in [-0.05, 0) is 24.6 Å². The molecule has 0 aliphatic rings. The van der Waals surface area contributed by atoms with E-state index in [1.54, 1.807) is 10.6 Å². The van der Waals surface area contributed by atoms with Crippen LogP contribution in [-0.2, 0) is 6.54 Å². The van der Waals surface area contributed by atoms with Crippen LogP contribution in [0.4, 0.5) is 10.2 Å². The zero-order valence-corrected chi connectivity index (χ0v) is 12.3. The number of anilines is 1. The Bertz CT molecular complexity index is 801. The summed E-state index contributed by atoms with van der Waals surface area (Å²) in [4.78, 5) is 10.2. The minimum Gasteiger partial charge on any atom is -0.355 e. The fraction of sp³-hybridized carbons (Fsp3) is 0.214. The van der Waals surface area contributed by atoms with Gasteiger partial charge in [0.1, 0.15) is 23.1 Å². The van der Waals surface area contributed by atoms with Crippen molar-refractivity contribution < 1.29 is 4.39 Å². The van der Waals surface area contributed by atoms with Gasteiger partial charge in [-0.15, -0.1) is 0 Å². The van der Waals surface area contributed by atoms with Gasteiger partial charge in [0.05, 0.1) is 0 Å². The highest BCUT2D eigenvalue weighted by Gasteiger charge is 2.16. The monoisotopic (exact) mass is 305 g/mol. The third kappa shape index (κ3) is 2.54. The minimum atomic E-state index is -0.253. The molecule has 0 spiro atoms. The van der Waals surface area contributed by atoms with Crippen molar-refractivity contribution in [2.75, 3.05) is 11.9 Å². The third-order valence-electron chi connectivity index (χ3n) is 3.24. The third-order valence-corrected chi connectivity index (χ3v) is 3.61. The predicted molar refractivity (Wildman–Crippen MR) is 79.0 cm³/mol. The average Bonchev–Trinajstić information content (AvgIpc) is 2.87. The molecule has 0 amide bonds. The highest BCUT2D eigenvalue weighted by molar-refractivity contribution is 6.30. The largest absolute Gasteiger partial charge is 0.355 e. The zero-order chi connectivity index (χ0) is 15.0. The van der Waals surface area contributed by atoms with Crippen molar-refractivity contribution in [3.63, 3.8) is 0 Å². The standard InChI is InChI=1S/C14H13ClFN5/c1-9-12(15)19-14-17-8-18-21(14)13(9)20(2)7-10-4-3-5-11(16)6-10/h3-6,8H,7H2,1-2H3. The first kappa shape index (κ1) is 13.8. The van der Waals surface area contributed by atoms with E-state index in [0.29, 0.717) is 17.5 Å². The van der Waals surface area contributed by atoms with Crippen molar-refractivity contribution in [2.24, 2.45) is 0 Å². The van der Waals surface area contributed by atoms with Crippen LogP contribution in [0.1, 0.15) is 11.1 Å². The SMILES string of the molecule is Cc1c(Cl)nc2ncnn2c1N(C)Cc1cccc(F)c1. The lowest BCUT2D eigenvalue weighted by molar-refractivity contribution is 0.625. The van der Waals surface area contributed by atoms with Crippen molar-refractivity contribution >= 4 is 23.2 Å². The Morgan fingerprint density at radius 1 is 1.38 bits per heavy atom. The summed E-state index contributed by atoms with van der Waals surface area (Å²) < 4.78 is 14.9. The highest BCUT2D eigenvalue weighted by atomic mass is 35.5. The van der Waals surface area contributed by atoms with Gasteiger partial charge in [0.25, 0.3) is 5.78 Å². The van der Waals surface area contributed by atoms with E-state index in [4.69, 9.17) is 11.6 Å². The summed E-state index contributed by atoms with van der Waals surface area (Å²) in [5.74, 6) is 0.967. The van der Waals surface area contributed by atoms with Crippen LogP contribution in [0.5, 0.6) is 0 Å². The lowest BCUT2D eigenvalue weighted by Gasteiger charge is -2.22. The normalized spacial score (nSPS) is 11.0. The van der Waals surface area contributed by atoms with Crippen molar-refractivity contribution in [1.82, 2.24) is 19.6 Å². The lowest BCUT2D eigenvalue weighted by atomic mass is 10.2. The van der Waals surface area contributed by atoms with Gasteiger partial charge in [-0.3, -0.25) is 0 Å².